The van der Waals surface area contributed by atoms with E-state index >= 15 is 0 Å². The number of hydrogen-bond donors (Lipinski definition) is 1. The van der Waals surface area contributed by atoms with Gasteiger partial charge in [-0.3, -0.25) is 0 Å². The average Bonchev–Trinajstić information content (AvgIpc) is 3.29. The predicted molar refractivity (Wildman–Crippen MR) is 104 cm³/mol. The quantitative estimate of drug-likeness (QED) is 0.577. The molecule has 122 valence electrons. The van der Waals surface area contributed by atoms with Crippen LogP contribution in [0.5, 0.6) is 0 Å². The third-order valence-electron chi connectivity index (χ3n) is 5.24. The Kier molecular flexibility index (Phi) is 3.71. The van der Waals surface area contributed by atoms with Crippen molar-refractivity contribution in [3.05, 3.63) is 78.3 Å². The number of nitrogens with one attached hydrogen (secondary N) is 1. The van der Waals surface area contributed by atoms with Gasteiger partial charge in [-0.2, -0.15) is 0 Å². The second kappa shape index (κ2) is 5.95. The van der Waals surface area contributed by atoms with E-state index in [1.807, 2.05) is 23.9 Å². The van der Waals surface area contributed by atoms with Crippen molar-refractivity contribution in [1.29, 1.82) is 0 Å². The third-order valence-corrected chi connectivity index (χ3v) is 16.0. The van der Waals surface area contributed by atoms with E-state index in [9.17, 15) is 10.1 Å². The fraction of sp³-hybridized carbons (Fsp3) is 0.158. The third kappa shape index (κ3) is 2.46. The Morgan fingerprint density at radius 1 is 1.20 bits per heavy atom. The Labute approximate surface area is 157 Å². The molecule has 0 unspecified atom stereocenters. The molecule has 2 aromatic carbocycles. The van der Waals surface area contributed by atoms with Crippen LogP contribution >= 0.6 is 11.8 Å². The van der Waals surface area contributed by atoms with Gasteiger partial charge < -0.3 is 0 Å². The SMILES string of the molecule is O=[N+]([O-])c1ccc(C[C]2=Cc3c4ccc[c]3[In]2/[C]4=C2/CSCN2)cc1. The molecule has 0 amide bonds. The number of rotatable bonds is 3. The zero-order valence-corrected chi connectivity index (χ0v) is 17.6. The van der Waals surface area contributed by atoms with Crippen molar-refractivity contribution in [2.24, 2.45) is 0 Å². The van der Waals surface area contributed by atoms with E-state index in [1.165, 1.54) is 22.4 Å². The zero-order valence-electron chi connectivity index (χ0n) is 13.5. The molecule has 2 aromatic rings. The first kappa shape index (κ1) is 15.6. The standard InChI is InChI=1S/C19H15N2O2S.In/c22-21(23)19-10-8-15(9-11-19)4-3-7-16-5-1-2-6-17(16)12-18-13-24-14-20-18;/h1-2,6-11,20H,4,13-14H2;. The summed E-state index contributed by atoms with van der Waals surface area (Å²) in [5, 5.41) is 14.4. The number of benzene rings is 2. The second-order valence-corrected chi connectivity index (χ2v) is 15.6. The fourth-order valence-electron chi connectivity index (χ4n) is 4.17. The minimum atomic E-state index is -2.18. The monoisotopic (exact) mass is 450 g/mol. The molecule has 0 radical (unpaired) electrons. The molecule has 5 rings (SSSR count). The van der Waals surface area contributed by atoms with E-state index in [-0.39, 0.29) is 10.6 Å². The van der Waals surface area contributed by atoms with Crippen LogP contribution in [-0.4, -0.2) is 38.0 Å². The summed E-state index contributed by atoms with van der Waals surface area (Å²) in [5.74, 6) is 2.12. The summed E-state index contributed by atoms with van der Waals surface area (Å²) >= 11 is -0.225. The van der Waals surface area contributed by atoms with Gasteiger partial charge >= 0.3 is 158 Å². The van der Waals surface area contributed by atoms with E-state index in [4.69, 9.17) is 0 Å². The molecule has 0 saturated carbocycles. The van der Waals surface area contributed by atoms with Gasteiger partial charge in [-0.1, -0.05) is 0 Å². The summed E-state index contributed by atoms with van der Waals surface area (Å²) in [7, 11) is 0. The molecule has 1 fully saturated rings. The van der Waals surface area contributed by atoms with Gasteiger partial charge in [0.2, 0.25) is 0 Å². The molecule has 3 heterocycles. The molecular formula is C19H15InN2O2S. The van der Waals surface area contributed by atoms with Gasteiger partial charge in [-0.15, -0.1) is 0 Å². The van der Waals surface area contributed by atoms with E-state index in [0.29, 0.717) is 0 Å². The second-order valence-electron chi connectivity index (χ2n) is 6.62. The number of allylic oxidation sites excluding steroid dienone is 1. The molecule has 25 heavy (non-hydrogen) atoms. The summed E-state index contributed by atoms with van der Waals surface area (Å²) in [6, 6.07) is 13.9. The Morgan fingerprint density at radius 2 is 2.04 bits per heavy atom. The minimum absolute atomic E-state index is 0.164. The van der Waals surface area contributed by atoms with Crippen LogP contribution in [0.3, 0.4) is 0 Å². The number of nitrogens with zero attached hydrogens (tertiary/aromatic N) is 1. The molecule has 0 atom stereocenters. The van der Waals surface area contributed by atoms with Crippen LogP contribution in [0.4, 0.5) is 5.69 Å². The van der Waals surface area contributed by atoms with E-state index < -0.39 is 21.4 Å². The van der Waals surface area contributed by atoms with Crippen LogP contribution in [0.25, 0.3) is 9.41 Å². The van der Waals surface area contributed by atoms with Crippen molar-refractivity contribution >= 4 is 51.6 Å². The van der Waals surface area contributed by atoms with Crippen molar-refractivity contribution < 1.29 is 4.92 Å². The Balaban J connectivity index is 1.51. The fourth-order valence-corrected chi connectivity index (χ4v) is 16.3. The van der Waals surface area contributed by atoms with Crippen molar-refractivity contribution in [2.45, 2.75) is 6.42 Å². The first-order valence-corrected chi connectivity index (χ1v) is 14.4. The van der Waals surface area contributed by atoms with Crippen LogP contribution in [0.1, 0.15) is 16.7 Å². The molecule has 1 saturated heterocycles. The maximum absolute atomic E-state index is 10.8. The van der Waals surface area contributed by atoms with Crippen LogP contribution < -0.4 is 8.64 Å². The molecule has 4 bridgehead atoms. The zero-order chi connectivity index (χ0) is 17.0. The molecule has 0 aromatic heterocycles. The molecule has 3 aliphatic heterocycles. The van der Waals surface area contributed by atoms with Crippen LogP contribution in [0, 0.1) is 10.1 Å². The van der Waals surface area contributed by atoms with E-state index in [0.717, 1.165) is 18.1 Å². The molecule has 1 N–H and O–H groups in total. The van der Waals surface area contributed by atoms with Crippen molar-refractivity contribution in [1.82, 2.24) is 5.32 Å². The molecule has 4 nitrogen and oxygen atoms in total. The van der Waals surface area contributed by atoms with Crippen LogP contribution in [0.2, 0.25) is 0 Å². The van der Waals surface area contributed by atoms with Gasteiger partial charge in [0.25, 0.3) is 0 Å². The summed E-state index contributed by atoms with van der Waals surface area (Å²) in [6.07, 6.45) is 3.34. The molecule has 6 heteroatoms. The van der Waals surface area contributed by atoms with E-state index in [2.05, 4.69) is 29.6 Å². The topological polar surface area (TPSA) is 55.2 Å². The Bertz CT molecular complexity index is 958. The van der Waals surface area contributed by atoms with Gasteiger partial charge in [-0.05, 0) is 0 Å². The number of hydrogen-bond acceptors (Lipinski definition) is 4. The van der Waals surface area contributed by atoms with Gasteiger partial charge in [0.1, 0.15) is 0 Å². The van der Waals surface area contributed by atoms with Crippen LogP contribution in [0.15, 0.2) is 51.5 Å². The van der Waals surface area contributed by atoms with Gasteiger partial charge in [-0.25, -0.2) is 0 Å². The Hall–Kier alpha value is -1.66. The summed E-state index contributed by atoms with van der Waals surface area (Å²) < 4.78 is 4.88. The van der Waals surface area contributed by atoms with Gasteiger partial charge in [0.15, 0.2) is 0 Å². The average molecular weight is 450 g/mol. The maximum atomic E-state index is 10.8. The first-order chi connectivity index (χ1) is 12.2. The normalized spacial score (nSPS) is 20.0. The van der Waals surface area contributed by atoms with E-state index in [1.54, 1.807) is 22.1 Å². The number of nitro benzene ring substituents is 1. The van der Waals surface area contributed by atoms with Crippen molar-refractivity contribution in [2.75, 3.05) is 11.6 Å². The first-order valence-electron chi connectivity index (χ1n) is 8.34. The summed E-state index contributed by atoms with van der Waals surface area (Å²) in [4.78, 5) is 10.5. The van der Waals surface area contributed by atoms with Crippen LogP contribution in [-0.2, 0) is 6.42 Å². The van der Waals surface area contributed by atoms with Crippen molar-refractivity contribution in [3.63, 3.8) is 0 Å². The number of thioether (sulfide) groups is 1. The molecule has 3 aliphatic rings. The summed E-state index contributed by atoms with van der Waals surface area (Å²) in [5.41, 5.74) is 5.73. The summed E-state index contributed by atoms with van der Waals surface area (Å²) in [6.45, 7) is 0. The Morgan fingerprint density at radius 3 is 2.72 bits per heavy atom. The molecule has 0 aliphatic carbocycles. The molecule has 0 spiro atoms. The van der Waals surface area contributed by atoms with Gasteiger partial charge in [0, 0.05) is 0 Å². The predicted octanol–water partition coefficient (Wildman–Crippen LogP) is 3.03. The molecular weight excluding hydrogens is 435 g/mol. The van der Waals surface area contributed by atoms with Gasteiger partial charge in [0.05, 0.1) is 0 Å². The van der Waals surface area contributed by atoms with Crippen molar-refractivity contribution in [3.8, 4) is 0 Å². The number of non-ortho nitro benzene ring substituents is 1. The number of nitro groups is 1.